The molecule has 0 saturated heterocycles. The SMILES string of the molecule is CC(C)CC(NC(=O)C(N)Cc1c[nH]c2ccccc12)C(=O)NC(C)C(=O)O. The van der Waals surface area contributed by atoms with Gasteiger partial charge in [-0.3, -0.25) is 14.4 Å². The van der Waals surface area contributed by atoms with Crippen LogP contribution in [0.5, 0.6) is 0 Å². The summed E-state index contributed by atoms with van der Waals surface area (Å²) in [5, 5.41) is 15.0. The summed E-state index contributed by atoms with van der Waals surface area (Å²) in [5.41, 5.74) is 7.96. The molecule has 2 aromatic rings. The molecule has 0 radical (unpaired) electrons. The van der Waals surface area contributed by atoms with Gasteiger partial charge in [-0.05, 0) is 37.3 Å². The van der Waals surface area contributed by atoms with Crippen molar-refractivity contribution in [2.45, 2.75) is 51.7 Å². The van der Waals surface area contributed by atoms with E-state index in [1.54, 1.807) is 0 Å². The van der Waals surface area contributed by atoms with E-state index in [1.165, 1.54) is 6.92 Å². The number of carboxylic acid groups (broad SMARTS) is 1. The Hall–Kier alpha value is -2.87. The van der Waals surface area contributed by atoms with Crippen LogP contribution < -0.4 is 16.4 Å². The second-order valence-corrected chi connectivity index (χ2v) is 7.43. The molecule has 1 heterocycles. The number of nitrogens with two attached hydrogens (primary N) is 1. The summed E-state index contributed by atoms with van der Waals surface area (Å²) >= 11 is 0. The number of carboxylic acids is 1. The summed E-state index contributed by atoms with van der Waals surface area (Å²) in [4.78, 5) is 39.1. The molecule has 0 aliphatic rings. The largest absolute Gasteiger partial charge is 0.480 e. The number of aromatic nitrogens is 1. The van der Waals surface area contributed by atoms with E-state index in [1.807, 2.05) is 44.3 Å². The van der Waals surface area contributed by atoms with Gasteiger partial charge in [0, 0.05) is 17.1 Å². The Balaban J connectivity index is 2.04. The summed E-state index contributed by atoms with van der Waals surface area (Å²) in [7, 11) is 0. The van der Waals surface area contributed by atoms with E-state index >= 15 is 0 Å². The molecule has 1 aromatic heterocycles. The monoisotopic (exact) mass is 388 g/mol. The van der Waals surface area contributed by atoms with Crippen molar-refractivity contribution in [3.05, 3.63) is 36.0 Å². The highest BCUT2D eigenvalue weighted by molar-refractivity contribution is 5.92. The second kappa shape index (κ2) is 9.36. The number of benzene rings is 1. The minimum absolute atomic E-state index is 0.126. The fourth-order valence-corrected chi connectivity index (χ4v) is 2.99. The zero-order chi connectivity index (χ0) is 20.8. The van der Waals surface area contributed by atoms with E-state index in [0.29, 0.717) is 12.8 Å². The summed E-state index contributed by atoms with van der Waals surface area (Å²) in [5.74, 6) is -2.00. The highest BCUT2D eigenvalue weighted by Gasteiger charge is 2.27. The number of amides is 2. The van der Waals surface area contributed by atoms with Crippen LogP contribution in [0.15, 0.2) is 30.5 Å². The van der Waals surface area contributed by atoms with Crippen LogP contribution in [0.1, 0.15) is 32.8 Å². The molecule has 1 aromatic carbocycles. The molecule has 0 aliphatic heterocycles. The van der Waals surface area contributed by atoms with Gasteiger partial charge in [0.15, 0.2) is 0 Å². The predicted octanol–water partition coefficient (Wildman–Crippen LogP) is 1.16. The molecule has 0 fully saturated rings. The maximum Gasteiger partial charge on any atom is 0.325 e. The first-order chi connectivity index (χ1) is 13.2. The van der Waals surface area contributed by atoms with Gasteiger partial charge in [0.1, 0.15) is 12.1 Å². The van der Waals surface area contributed by atoms with Crippen molar-refractivity contribution in [2.75, 3.05) is 0 Å². The van der Waals surface area contributed by atoms with Crippen LogP contribution >= 0.6 is 0 Å². The third-order valence-electron chi connectivity index (χ3n) is 4.52. The predicted molar refractivity (Wildman–Crippen MR) is 107 cm³/mol. The van der Waals surface area contributed by atoms with Crippen molar-refractivity contribution in [3.8, 4) is 0 Å². The van der Waals surface area contributed by atoms with E-state index < -0.39 is 35.9 Å². The van der Waals surface area contributed by atoms with Crippen molar-refractivity contribution in [1.82, 2.24) is 15.6 Å². The number of aromatic amines is 1. The third-order valence-corrected chi connectivity index (χ3v) is 4.52. The van der Waals surface area contributed by atoms with E-state index in [-0.39, 0.29) is 5.92 Å². The minimum Gasteiger partial charge on any atom is -0.480 e. The number of para-hydroxylation sites is 1. The lowest BCUT2D eigenvalue weighted by molar-refractivity contribution is -0.141. The topological polar surface area (TPSA) is 137 Å². The van der Waals surface area contributed by atoms with Gasteiger partial charge in [0.25, 0.3) is 0 Å². The first-order valence-corrected chi connectivity index (χ1v) is 9.33. The number of H-pyrrole nitrogens is 1. The zero-order valence-corrected chi connectivity index (χ0v) is 16.4. The quantitative estimate of drug-likeness (QED) is 0.439. The van der Waals surface area contributed by atoms with E-state index in [9.17, 15) is 14.4 Å². The Morgan fingerprint density at radius 3 is 2.43 bits per heavy atom. The van der Waals surface area contributed by atoms with E-state index in [4.69, 9.17) is 10.8 Å². The van der Waals surface area contributed by atoms with Gasteiger partial charge >= 0.3 is 5.97 Å². The molecule has 6 N–H and O–H groups in total. The molecule has 8 nitrogen and oxygen atoms in total. The Morgan fingerprint density at radius 1 is 1.11 bits per heavy atom. The van der Waals surface area contributed by atoms with Gasteiger partial charge in [-0.15, -0.1) is 0 Å². The Morgan fingerprint density at radius 2 is 1.79 bits per heavy atom. The number of carbonyl (C=O) groups is 3. The van der Waals surface area contributed by atoms with Gasteiger partial charge in [0.05, 0.1) is 6.04 Å². The van der Waals surface area contributed by atoms with Crippen molar-refractivity contribution in [1.29, 1.82) is 0 Å². The fourth-order valence-electron chi connectivity index (χ4n) is 2.99. The van der Waals surface area contributed by atoms with Crippen LogP contribution in [0.25, 0.3) is 10.9 Å². The first kappa shape index (κ1) is 21.4. The smallest absolute Gasteiger partial charge is 0.325 e. The number of fused-ring (bicyclic) bond motifs is 1. The maximum atomic E-state index is 12.6. The number of rotatable bonds is 9. The van der Waals surface area contributed by atoms with Crippen LogP contribution in [0.4, 0.5) is 0 Å². The summed E-state index contributed by atoms with van der Waals surface area (Å²) in [6, 6.07) is 5.01. The molecule has 3 unspecified atom stereocenters. The molecule has 28 heavy (non-hydrogen) atoms. The minimum atomic E-state index is -1.14. The third kappa shape index (κ3) is 5.56. The molecular weight excluding hydrogens is 360 g/mol. The average Bonchev–Trinajstić information content (AvgIpc) is 3.03. The lowest BCUT2D eigenvalue weighted by Gasteiger charge is -2.23. The summed E-state index contributed by atoms with van der Waals surface area (Å²) in [6.07, 6.45) is 2.52. The van der Waals surface area contributed by atoms with Crippen LogP contribution in [0.3, 0.4) is 0 Å². The summed E-state index contributed by atoms with van der Waals surface area (Å²) in [6.45, 7) is 5.20. The van der Waals surface area contributed by atoms with Crippen molar-refractivity contribution in [2.24, 2.45) is 11.7 Å². The standard InChI is InChI=1S/C20H28N4O4/c1-11(2)8-17(19(26)23-12(3)20(27)28)24-18(25)15(21)9-13-10-22-16-7-5-4-6-14(13)16/h4-7,10-12,15,17,22H,8-9,21H2,1-3H3,(H,23,26)(H,24,25)(H,27,28). The molecule has 3 atom stereocenters. The number of aliphatic carboxylic acids is 1. The Bertz CT molecular complexity index is 846. The van der Waals surface area contributed by atoms with Crippen LogP contribution in [0.2, 0.25) is 0 Å². The number of nitrogens with one attached hydrogen (secondary N) is 3. The maximum absolute atomic E-state index is 12.6. The molecular formula is C20H28N4O4. The van der Waals surface area contributed by atoms with Crippen LogP contribution in [-0.4, -0.2) is 46.0 Å². The zero-order valence-electron chi connectivity index (χ0n) is 16.4. The van der Waals surface area contributed by atoms with Gasteiger partial charge in [-0.1, -0.05) is 32.0 Å². The molecule has 2 amide bonds. The van der Waals surface area contributed by atoms with Gasteiger partial charge in [0.2, 0.25) is 11.8 Å². The van der Waals surface area contributed by atoms with Crippen molar-refractivity contribution >= 4 is 28.7 Å². The molecule has 0 aliphatic carbocycles. The Kier molecular flexibility index (Phi) is 7.17. The van der Waals surface area contributed by atoms with Gasteiger partial charge < -0.3 is 26.5 Å². The average molecular weight is 388 g/mol. The normalized spacial score (nSPS) is 14.5. The van der Waals surface area contributed by atoms with E-state index in [0.717, 1.165) is 16.5 Å². The second-order valence-electron chi connectivity index (χ2n) is 7.43. The first-order valence-electron chi connectivity index (χ1n) is 9.33. The van der Waals surface area contributed by atoms with Crippen molar-refractivity contribution in [3.63, 3.8) is 0 Å². The van der Waals surface area contributed by atoms with Crippen LogP contribution in [-0.2, 0) is 20.8 Å². The lowest BCUT2D eigenvalue weighted by Crippen LogP contribution is -2.54. The molecule has 0 spiro atoms. The molecule has 0 saturated carbocycles. The number of carbonyl (C=O) groups excluding carboxylic acids is 2. The number of hydrogen-bond acceptors (Lipinski definition) is 4. The van der Waals surface area contributed by atoms with Crippen molar-refractivity contribution < 1.29 is 19.5 Å². The number of hydrogen-bond donors (Lipinski definition) is 5. The Labute approximate surface area is 163 Å². The highest BCUT2D eigenvalue weighted by Crippen LogP contribution is 2.18. The van der Waals surface area contributed by atoms with Gasteiger partial charge in [-0.2, -0.15) is 0 Å². The highest BCUT2D eigenvalue weighted by atomic mass is 16.4. The lowest BCUT2D eigenvalue weighted by atomic mass is 10.0. The molecule has 152 valence electrons. The summed E-state index contributed by atoms with van der Waals surface area (Å²) < 4.78 is 0. The molecule has 8 heteroatoms. The van der Waals surface area contributed by atoms with Gasteiger partial charge in [-0.25, -0.2) is 0 Å². The fraction of sp³-hybridized carbons (Fsp3) is 0.450. The molecule has 2 rings (SSSR count). The van der Waals surface area contributed by atoms with E-state index in [2.05, 4.69) is 15.6 Å². The van der Waals surface area contributed by atoms with Crippen LogP contribution in [0, 0.1) is 5.92 Å². The molecule has 0 bridgehead atoms.